The zero-order valence-electron chi connectivity index (χ0n) is 20.4. The fourth-order valence-corrected chi connectivity index (χ4v) is 5.06. The van der Waals surface area contributed by atoms with E-state index in [0.717, 1.165) is 10.9 Å². The molecule has 2 atom stereocenters. The van der Waals surface area contributed by atoms with Crippen molar-refractivity contribution in [3.05, 3.63) is 35.4 Å². The van der Waals surface area contributed by atoms with E-state index in [1.807, 2.05) is 0 Å². The molecule has 1 aliphatic rings. The first-order valence-corrected chi connectivity index (χ1v) is 12.8. The smallest absolute Gasteiger partial charge is 0.401 e. The van der Waals surface area contributed by atoms with Gasteiger partial charge in [0.05, 0.1) is 19.2 Å². The molecule has 0 aliphatic heterocycles. The molecule has 0 spiro atoms. The molecule has 1 saturated carbocycles. The van der Waals surface area contributed by atoms with Gasteiger partial charge in [-0.2, -0.15) is 23.1 Å². The molecular weight excluding hydrogens is 557 g/mol. The number of rotatable bonds is 10. The SMILES string of the molecule is COc1ncnc(OC)c1-n1c(NS(=O)(=O)C(C)C(OC)c2ncc(Cl)cn2)nnc1C1(C(F)(F)F)CC1. The Kier molecular flexibility index (Phi) is 7.37. The number of aromatic nitrogens is 7. The summed E-state index contributed by atoms with van der Waals surface area (Å²) in [5.74, 6) is -1.53. The zero-order chi connectivity index (χ0) is 27.9. The number of hydrogen-bond acceptors (Lipinski definition) is 11. The van der Waals surface area contributed by atoms with Gasteiger partial charge in [-0.05, 0) is 19.8 Å². The molecule has 1 N–H and O–H groups in total. The zero-order valence-corrected chi connectivity index (χ0v) is 22.0. The lowest BCUT2D eigenvalue weighted by molar-refractivity contribution is -0.162. The number of sulfonamides is 1. The second-order valence-electron chi connectivity index (χ2n) is 8.27. The second-order valence-corrected chi connectivity index (χ2v) is 10.7. The maximum Gasteiger partial charge on any atom is 0.401 e. The van der Waals surface area contributed by atoms with Gasteiger partial charge in [0, 0.05) is 19.5 Å². The van der Waals surface area contributed by atoms with E-state index in [1.54, 1.807) is 0 Å². The van der Waals surface area contributed by atoms with Crippen molar-refractivity contribution in [3.63, 3.8) is 0 Å². The van der Waals surface area contributed by atoms with Crippen molar-refractivity contribution in [1.82, 2.24) is 34.7 Å². The summed E-state index contributed by atoms with van der Waals surface area (Å²) in [6.45, 7) is 1.31. The minimum atomic E-state index is -4.70. The predicted octanol–water partition coefficient (Wildman–Crippen LogP) is 2.63. The number of alkyl halides is 3. The number of methoxy groups -OCH3 is 3. The first-order valence-electron chi connectivity index (χ1n) is 10.9. The van der Waals surface area contributed by atoms with Crippen LogP contribution >= 0.6 is 11.6 Å². The van der Waals surface area contributed by atoms with Crippen LogP contribution in [0.5, 0.6) is 11.8 Å². The largest absolute Gasteiger partial charge is 0.479 e. The highest BCUT2D eigenvalue weighted by molar-refractivity contribution is 7.93. The molecule has 2 unspecified atom stereocenters. The number of nitrogens with one attached hydrogen (secondary N) is 1. The Hall–Kier alpha value is -3.31. The van der Waals surface area contributed by atoms with Crippen molar-refractivity contribution in [2.24, 2.45) is 0 Å². The van der Waals surface area contributed by atoms with Crippen LogP contribution in [0.15, 0.2) is 18.7 Å². The molecule has 0 saturated heterocycles. The van der Waals surface area contributed by atoms with Crippen LogP contribution in [0.25, 0.3) is 5.69 Å². The van der Waals surface area contributed by atoms with E-state index >= 15 is 0 Å². The van der Waals surface area contributed by atoms with Gasteiger partial charge in [-0.1, -0.05) is 11.6 Å². The Bertz CT molecular complexity index is 1390. The second kappa shape index (κ2) is 10.1. The summed E-state index contributed by atoms with van der Waals surface area (Å²) in [7, 11) is -0.700. The van der Waals surface area contributed by atoms with Gasteiger partial charge >= 0.3 is 6.18 Å². The average molecular weight is 579 g/mol. The van der Waals surface area contributed by atoms with Gasteiger partial charge in [0.15, 0.2) is 17.3 Å². The molecule has 3 aromatic heterocycles. The molecule has 0 radical (unpaired) electrons. The molecule has 1 fully saturated rings. The van der Waals surface area contributed by atoms with E-state index < -0.39 is 44.7 Å². The van der Waals surface area contributed by atoms with Crippen LogP contribution in [-0.4, -0.2) is 75.9 Å². The molecule has 0 amide bonds. The van der Waals surface area contributed by atoms with E-state index in [9.17, 15) is 21.6 Å². The van der Waals surface area contributed by atoms with Gasteiger partial charge < -0.3 is 14.2 Å². The molecule has 38 heavy (non-hydrogen) atoms. The highest BCUT2D eigenvalue weighted by Gasteiger charge is 2.67. The number of halogens is 4. The van der Waals surface area contributed by atoms with E-state index in [1.165, 1.54) is 40.6 Å². The Balaban J connectivity index is 1.84. The summed E-state index contributed by atoms with van der Waals surface area (Å²) in [6.07, 6.45) is -2.83. The van der Waals surface area contributed by atoms with Gasteiger partial charge in [0.25, 0.3) is 0 Å². The maximum atomic E-state index is 14.1. The number of anilines is 1. The third kappa shape index (κ3) is 4.80. The van der Waals surface area contributed by atoms with Crippen LogP contribution < -0.4 is 14.2 Å². The summed E-state index contributed by atoms with van der Waals surface area (Å²) in [5.41, 5.74) is -2.59. The van der Waals surface area contributed by atoms with Crippen LogP contribution in [0.2, 0.25) is 5.02 Å². The highest BCUT2D eigenvalue weighted by Crippen LogP contribution is 2.59. The monoisotopic (exact) mass is 578 g/mol. The lowest BCUT2D eigenvalue weighted by Crippen LogP contribution is -2.34. The molecule has 18 heteroatoms. The molecular formula is C20H22ClF3N8O5S. The first-order chi connectivity index (χ1) is 17.9. The minimum Gasteiger partial charge on any atom is -0.479 e. The Labute approximate surface area is 219 Å². The van der Waals surface area contributed by atoms with Gasteiger partial charge in [0.1, 0.15) is 23.1 Å². The standard InChI is InChI=1S/C20H22ClF3N8O5S/c1-10(13(35-2)14-25-7-11(21)8-26-14)38(33,34)31-18-30-29-17(19(5-6-19)20(22,23)24)32(18)12-15(36-3)27-9-28-16(12)37-4/h7-10,13H,5-6H2,1-4H3,(H,30,31). The summed E-state index contributed by atoms with van der Waals surface area (Å²) >= 11 is 5.81. The van der Waals surface area contributed by atoms with Gasteiger partial charge in [-0.25, -0.2) is 18.4 Å². The molecule has 206 valence electrons. The Morgan fingerprint density at radius 3 is 2.11 bits per heavy atom. The summed E-state index contributed by atoms with van der Waals surface area (Å²) < 4.78 is 88.1. The third-order valence-electron chi connectivity index (χ3n) is 6.05. The molecule has 3 aromatic rings. The molecule has 1 aliphatic carbocycles. The molecule has 3 heterocycles. The van der Waals surface area contributed by atoms with Gasteiger partial charge in [0.2, 0.25) is 27.7 Å². The van der Waals surface area contributed by atoms with Crippen molar-refractivity contribution in [2.45, 2.75) is 42.7 Å². The van der Waals surface area contributed by atoms with Crippen molar-refractivity contribution >= 4 is 27.6 Å². The summed E-state index contributed by atoms with van der Waals surface area (Å²) in [4.78, 5) is 15.9. The topological polar surface area (TPSA) is 156 Å². The highest BCUT2D eigenvalue weighted by atomic mass is 35.5. The van der Waals surface area contributed by atoms with Crippen molar-refractivity contribution in [1.29, 1.82) is 0 Å². The number of hydrogen-bond donors (Lipinski definition) is 1. The van der Waals surface area contributed by atoms with Gasteiger partial charge in [-0.3, -0.25) is 9.29 Å². The van der Waals surface area contributed by atoms with Crippen molar-refractivity contribution in [2.75, 3.05) is 26.1 Å². The third-order valence-corrected chi connectivity index (χ3v) is 7.94. The molecule has 0 aromatic carbocycles. The number of ether oxygens (including phenoxy) is 3. The fraction of sp³-hybridized carbons (Fsp3) is 0.500. The molecule has 0 bridgehead atoms. The van der Waals surface area contributed by atoms with Crippen LogP contribution in [0.4, 0.5) is 19.1 Å². The lowest BCUT2D eigenvalue weighted by atomic mass is 10.1. The molecule has 4 rings (SSSR count). The number of nitrogens with zero attached hydrogens (tertiary/aromatic N) is 7. The predicted molar refractivity (Wildman–Crippen MR) is 126 cm³/mol. The first kappa shape index (κ1) is 27.7. The lowest BCUT2D eigenvalue weighted by Gasteiger charge is -2.23. The average Bonchev–Trinajstić information content (AvgIpc) is 3.61. The maximum absolute atomic E-state index is 14.1. The summed E-state index contributed by atoms with van der Waals surface area (Å²) in [5, 5.41) is 6.39. The van der Waals surface area contributed by atoms with E-state index in [2.05, 4.69) is 34.9 Å². The molecule has 13 nitrogen and oxygen atoms in total. The van der Waals surface area contributed by atoms with E-state index in [4.69, 9.17) is 25.8 Å². The van der Waals surface area contributed by atoms with E-state index in [-0.39, 0.29) is 41.1 Å². The Morgan fingerprint density at radius 1 is 1.05 bits per heavy atom. The van der Waals surface area contributed by atoms with Gasteiger partial charge in [-0.15, -0.1) is 10.2 Å². The quantitative estimate of drug-likeness (QED) is 0.377. The van der Waals surface area contributed by atoms with Crippen molar-refractivity contribution in [3.8, 4) is 17.4 Å². The summed E-state index contributed by atoms with van der Waals surface area (Å²) in [6, 6.07) is 0. The Morgan fingerprint density at radius 2 is 1.63 bits per heavy atom. The van der Waals surface area contributed by atoms with Crippen LogP contribution in [-0.2, 0) is 20.2 Å². The normalized spacial score (nSPS) is 16.5. The van der Waals surface area contributed by atoms with Crippen LogP contribution in [0, 0.1) is 0 Å². The minimum absolute atomic E-state index is 0.0192. The van der Waals surface area contributed by atoms with E-state index in [0.29, 0.717) is 0 Å². The van der Waals surface area contributed by atoms with Crippen LogP contribution in [0.3, 0.4) is 0 Å². The van der Waals surface area contributed by atoms with Crippen molar-refractivity contribution < 1.29 is 35.8 Å². The fourth-order valence-electron chi connectivity index (χ4n) is 3.83. The van der Waals surface area contributed by atoms with Crippen LogP contribution in [0.1, 0.15) is 37.5 Å².